The number of hydrogen-bond donors (Lipinski definition) is 0. The first-order valence-corrected chi connectivity index (χ1v) is 6.25. The Bertz CT molecular complexity index is 321. The zero-order valence-corrected chi connectivity index (χ0v) is 10.2. The molecule has 1 saturated carbocycles. The molecule has 0 nitrogen and oxygen atoms in total. The molecule has 1 unspecified atom stereocenters. The Balaban J connectivity index is 2.27. The normalized spacial score (nSPS) is 18.9. The first-order chi connectivity index (χ1) is 7.20. The standard InChI is InChI=1S/C15H22/c1-11(2)15(13-8-6-9-13)14-10-5-4-7-12(14)3/h4-5,7,10-11,13,15H,6,8-9H2,1-3H3. The third-order valence-corrected chi connectivity index (χ3v) is 3.92. The summed E-state index contributed by atoms with van der Waals surface area (Å²) in [5.41, 5.74) is 3.07. The Morgan fingerprint density at radius 2 is 1.80 bits per heavy atom. The van der Waals surface area contributed by atoms with Crippen molar-refractivity contribution in [3.05, 3.63) is 35.4 Å². The zero-order chi connectivity index (χ0) is 10.8. The SMILES string of the molecule is Cc1ccccc1C(C(C)C)C1CCC1. The molecule has 0 spiro atoms. The van der Waals surface area contributed by atoms with Crippen LogP contribution in [0.15, 0.2) is 24.3 Å². The highest BCUT2D eigenvalue weighted by Crippen LogP contribution is 2.44. The Hall–Kier alpha value is -0.780. The fourth-order valence-corrected chi connectivity index (χ4v) is 2.92. The van der Waals surface area contributed by atoms with Crippen molar-refractivity contribution in [3.63, 3.8) is 0 Å². The van der Waals surface area contributed by atoms with E-state index in [2.05, 4.69) is 45.0 Å². The summed E-state index contributed by atoms with van der Waals surface area (Å²) in [5, 5.41) is 0. The van der Waals surface area contributed by atoms with Crippen molar-refractivity contribution in [3.8, 4) is 0 Å². The molecule has 1 aromatic carbocycles. The second kappa shape index (κ2) is 4.38. The number of hydrogen-bond acceptors (Lipinski definition) is 0. The molecule has 15 heavy (non-hydrogen) atoms. The topological polar surface area (TPSA) is 0 Å². The van der Waals surface area contributed by atoms with Crippen molar-refractivity contribution in [2.45, 2.75) is 46.0 Å². The van der Waals surface area contributed by atoms with Crippen LogP contribution in [0.2, 0.25) is 0 Å². The highest BCUT2D eigenvalue weighted by Gasteiger charge is 2.31. The minimum absolute atomic E-state index is 0.774. The lowest BCUT2D eigenvalue weighted by Crippen LogP contribution is -2.24. The second-order valence-electron chi connectivity index (χ2n) is 5.32. The highest BCUT2D eigenvalue weighted by molar-refractivity contribution is 5.30. The van der Waals surface area contributed by atoms with Crippen LogP contribution in [0.3, 0.4) is 0 Å². The Kier molecular flexibility index (Phi) is 3.14. The molecule has 1 aromatic rings. The molecule has 1 aliphatic rings. The maximum Gasteiger partial charge on any atom is -0.0108 e. The Labute approximate surface area is 93.7 Å². The molecule has 1 aliphatic carbocycles. The van der Waals surface area contributed by atoms with Gasteiger partial charge in [0.15, 0.2) is 0 Å². The van der Waals surface area contributed by atoms with Gasteiger partial charge in [-0.15, -0.1) is 0 Å². The van der Waals surface area contributed by atoms with Gasteiger partial charge in [0.2, 0.25) is 0 Å². The highest BCUT2D eigenvalue weighted by atomic mass is 14.4. The zero-order valence-electron chi connectivity index (χ0n) is 10.2. The molecule has 0 amide bonds. The third kappa shape index (κ3) is 2.09. The number of rotatable bonds is 3. The van der Waals surface area contributed by atoms with Crippen molar-refractivity contribution in [2.75, 3.05) is 0 Å². The van der Waals surface area contributed by atoms with Crippen molar-refractivity contribution < 1.29 is 0 Å². The molecule has 0 saturated heterocycles. The van der Waals surface area contributed by atoms with Crippen LogP contribution < -0.4 is 0 Å². The minimum Gasteiger partial charge on any atom is -0.0622 e. The Morgan fingerprint density at radius 3 is 2.27 bits per heavy atom. The van der Waals surface area contributed by atoms with Crippen LogP contribution in [-0.2, 0) is 0 Å². The molecule has 2 rings (SSSR count). The van der Waals surface area contributed by atoms with E-state index in [1.165, 1.54) is 24.8 Å². The van der Waals surface area contributed by atoms with Crippen LogP contribution in [-0.4, -0.2) is 0 Å². The molecule has 0 heteroatoms. The summed E-state index contributed by atoms with van der Waals surface area (Å²) >= 11 is 0. The first-order valence-electron chi connectivity index (χ1n) is 6.25. The number of aryl methyl sites for hydroxylation is 1. The van der Waals surface area contributed by atoms with E-state index < -0.39 is 0 Å². The molecule has 0 aromatic heterocycles. The van der Waals surface area contributed by atoms with E-state index >= 15 is 0 Å². The first kappa shape index (κ1) is 10.7. The molecule has 0 bridgehead atoms. The summed E-state index contributed by atoms with van der Waals surface area (Å²) in [7, 11) is 0. The van der Waals surface area contributed by atoms with Crippen LogP contribution >= 0.6 is 0 Å². The van der Waals surface area contributed by atoms with Gasteiger partial charge >= 0.3 is 0 Å². The van der Waals surface area contributed by atoms with Gasteiger partial charge in [-0.25, -0.2) is 0 Å². The number of benzene rings is 1. The molecule has 0 radical (unpaired) electrons. The third-order valence-electron chi connectivity index (χ3n) is 3.92. The monoisotopic (exact) mass is 202 g/mol. The largest absolute Gasteiger partial charge is 0.0622 e. The van der Waals surface area contributed by atoms with Crippen molar-refractivity contribution >= 4 is 0 Å². The van der Waals surface area contributed by atoms with Crippen molar-refractivity contribution in [2.24, 2.45) is 11.8 Å². The summed E-state index contributed by atoms with van der Waals surface area (Å²) in [5.74, 6) is 2.52. The summed E-state index contributed by atoms with van der Waals surface area (Å²) in [4.78, 5) is 0. The molecule has 82 valence electrons. The predicted octanol–water partition coefficient (Wildman–Crippen LogP) is 4.53. The van der Waals surface area contributed by atoms with E-state index in [0.717, 1.165) is 17.8 Å². The van der Waals surface area contributed by atoms with Crippen LogP contribution in [0, 0.1) is 18.8 Å². The molecule has 0 heterocycles. The molecular weight excluding hydrogens is 180 g/mol. The van der Waals surface area contributed by atoms with E-state index in [1.807, 2.05) is 0 Å². The summed E-state index contributed by atoms with van der Waals surface area (Å²) in [6, 6.07) is 8.93. The van der Waals surface area contributed by atoms with Gasteiger partial charge in [-0.2, -0.15) is 0 Å². The van der Waals surface area contributed by atoms with Gasteiger partial charge in [0, 0.05) is 0 Å². The average molecular weight is 202 g/mol. The summed E-state index contributed by atoms with van der Waals surface area (Å²) in [6.45, 7) is 6.99. The van der Waals surface area contributed by atoms with E-state index in [4.69, 9.17) is 0 Å². The second-order valence-corrected chi connectivity index (χ2v) is 5.32. The molecular formula is C15H22. The maximum absolute atomic E-state index is 2.37. The quantitative estimate of drug-likeness (QED) is 0.675. The molecule has 0 N–H and O–H groups in total. The van der Waals surface area contributed by atoms with Gasteiger partial charge in [-0.05, 0) is 48.6 Å². The lowest BCUT2D eigenvalue weighted by Gasteiger charge is -2.37. The lowest BCUT2D eigenvalue weighted by molar-refractivity contribution is 0.220. The summed E-state index contributed by atoms with van der Waals surface area (Å²) in [6.07, 6.45) is 4.33. The van der Waals surface area contributed by atoms with Crippen LogP contribution in [0.25, 0.3) is 0 Å². The van der Waals surface area contributed by atoms with Gasteiger partial charge in [0.05, 0.1) is 0 Å². The smallest absolute Gasteiger partial charge is 0.0108 e. The van der Waals surface area contributed by atoms with Crippen molar-refractivity contribution in [1.29, 1.82) is 0 Å². The fraction of sp³-hybridized carbons (Fsp3) is 0.600. The van der Waals surface area contributed by atoms with Crippen LogP contribution in [0.5, 0.6) is 0 Å². The molecule has 1 atom stereocenters. The van der Waals surface area contributed by atoms with E-state index in [9.17, 15) is 0 Å². The van der Waals surface area contributed by atoms with Gasteiger partial charge < -0.3 is 0 Å². The molecule has 0 aliphatic heterocycles. The van der Waals surface area contributed by atoms with Gasteiger partial charge in [-0.1, -0.05) is 44.5 Å². The average Bonchev–Trinajstić information content (AvgIpc) is 2.12. The van der Waals surface area contributed by atoms with Gasteiger partial charge in [0.1, 0.15) is 0 Å². The maximum atomic E-state index is 2.37. The predicted molar refractivity (Wildman–Crippen MR) is 66.1 cm³/mol. The lowest BCUT2D eigenvalue weighted by atomic mass is 9.68. The van der Waals surface area contributed by atoms with Crippen LogP contribution in [0.4, 0.5) is 0 Å². The van der Waals surface area contributed by atoms with Crippen molar-refractivity contribution in [1.82, 2.24) is 0 Å². The molecule has 1 fully saturated rings. The fourth-order valence-electron chi connectivity index (χ4n) is 2.92. The van der Waals surface area contributed by atoms with Gasteiger partial charge in [-0.3, -0.25) is 0 Å². The van der Waals surface area contributed by atoms with Gasteiger partial charge in [0.25, 0.3) is 0 Å². The van der Waals surface area contributed by atoms with Crippen LogP contribution in [0.1, 0.15) is 50.2 Å². The Morgan fingerprint density at radius 1 is 1.13 bits per heavy atom. The van der Waals surface area contributed by atoms with E-state index in [0.29, 0.717) is 0 Å². The van der Waals surface area contributed by atoms with E-state index in [1.54, 1.807) is 5.56 Å². The minimum atomic E-state index is 0.774. The van der Waals surface area contributed by atoms with E-state index in [-0.39, 0.29) is 0 Å². The summed E-state index contributed by atoms with van der Waals surface area (Å²) < 4.78 is 0.